The number of halogens is 2. The largest absolute Gasteiger partial charge is 0.371 e. The molecule has 0 saturated heterocycles. The molecule has 0 aliphatic carbocycles. The van der Waals surface area contributed by atoms with Crippen molar-refractivity contribution in [2.75, 3.05) is 6.61 Å². The lowest BCUT2D eigenvalue weighted by molar-refractivity contribution is -0.128. The smallest absolute Gasteiger partial charge is 0.165 e. The Morgan fingerprint density at radius 2 is 2.25 bits per heavy atom. The molecule has 4 heteroatoms. The summed E-state index contributed by atoms with van der Waals surface area (Å²) in [6, 6.07) is 4.37. The SMILES string of the molecule is CCOC(C)C(=O)Cc1c(F)cccc1Cl. The lowest BCUT2D eigenvalue weighted by Crippen LogP contribution is -2.23. The van der Waals surface area contributed by atoms with Gasteiger partial charge < -0.3 is 4.74 Å². The first-order valence-corrected chi connectivity index (χ1v) is 5.51. The summed E-state index contributed by atoms with van der Waals surface area (Å²) in [4.78, 5) is 11.7. The highest BCUT2D eigenvalue weighted by molar-refractivity contribution is 6.31. The molecule has 0 spiro atoms. The number of carbonyl (C=O) groups excluding carboxylic acids is 1. The van der Waals surface area contributed by atoms with Crippen LogP contribution < -0.4 is 0 Å². The van der Waals surface area contributed by atoms with Gasteiger partial charge in [-0.1, -0.05) is 17.7 Å². The average Bonchev–Trinajstić information content (AvgIpc) is 2.23. The van der Waals surface area contributed by atoms with Crippen molar-refractivity contribution < 1.29 is 13.9 Å². The number of benzene rings is 1. The average molecular weight is 245 g/mol. The normalized spacial score (nSPS) is 12.5. The molecule has 0 radical (unpaired) electrons. The fraction of sp³-hybridized carbons (Fsp3) is 0.417. The van der Waals surface area contributed by atoms with Gasteiger partial charge in [-0.25, -0.2) is 4.39 Å². The Morgan fingerprint density at radius 3 is 2.81 bits per heavy atom. The molecule has 0 fully saturated rings. The van der Waals surface area contributed by atoms with E-state index in [1.54, 1.807) is 19.9 Å². The minimum Gasteiger partial charge on any atom is -0.371 e. The molecule has 2 nitrogen and oxygen atoms in total. The Morgan fingerprint density at radius 1 is 1.56 bits per heavy atom. The van der Waals surface area contributed by atoms with Gasteiger partial charge in [-0.15, -0.1) is 0 Å². The molecule has 0 bridgehead atoms. The number of carbonyl (C=O) groups is 1. The van der Waals surface area contributed by atoms with Gasteiger partial charge in [-0.2, -0.15) is 0 Å². The van der Waals surface area contributed by atoms with Gasteiger partial charge >= 0.3 is 0 Å². The highest BCUT2D eigenvalue weighted by Gasteiger charge is 2.17. The minimum atomic E-state index is -0.527. The maximum absolute atomic E-state index is 13.4. The van der Waals surface area contributed by atoms with Crippen LogP contribution in [0.1, 0.15) is 19.4 Å². The third-order valence-electron chi connectivity index (χ3n) is 2.28. The minimum absolute atomic E-state index is 0.0350. The van der Waals surface area contributed by atoms with Crippen molar-refractivity contribution in [2.45, 2.75) is 26.4 Å². The van der Waals surface area contributed by atoms with Gasteiger partial charge in [0.25, 0.3) is 0 Å². The van der Waals surface area contributed by atoms with Crippen LogP contribution in [-0.2, 0) is 16.0 Å². The van der Waals surface area contributed by atoms with E-state index in [1.165, 1.54) is 12.1 Å². The molecular weight excluding hydrogens is 231 g/mol. The van der Waals surface area contributed by atoms with E-state index in [4.69, 9.17) is 16.3 Å². The number of ether oxygens (including phenoxy) is 1. The van der Waals surface area contributed by atoms with E-state index in [1.807, 2.05) is 0 Å². The Bertz CT molecular complexity index is 359. The molecule has 0 aliphatic rings. The molecule has 0 saturated carbocycles. The maximum Gasteiger partial charge on any atom is 0.165 e. The summed E-state index contributed by atoms with van der Waals surface area (Å²) in [5.41, 5.74) is 0.237. The molecule has 0 heterocycles. The molecule has 16 heavy (non-hydrogen) atoms. The summed E-state index contributed by atoms with van der Waals surface area (Å²) in [5.74, 6) is -0.626. The van der Waals surface area contributed by atoms with Crippen LogP contribution in [0.2, 0.25) is 5.02 Å². The van der Waals surface area contributed by atoms with Gasteiger partial charge in [0, 0.05) is 23.6 Å². The number of rotatable bonds is 5. The van der Waals surface area contributed by atoms with Crippen LogP contribution in [0.15, 0.2) is 18.2 Å². The summed E-state index contributed by atoms with van der Waals surface area (Å²) >= 11 is 5.82. The molecule has 1 unspecified atom stereocenters. The number of hydrogen-bond acceptors (Lipinski definition) is 2. The molecule has 1 aromatic carbocycles. The zero-order valence-electron chi connectivity index (χ0n) is 9.30. The molecule has 0 aromatic heterocycles. The fourth-order valence-electron chi connectivity index (χ4n) is 1.36. The molecule has 1 atom stereocenters. The van der Waals surface area contributed by atoms with E-state index >= 15 is 0 Å². The van der Waals surface area contributed by atoms with Crippen molar-refractivity contribution in [3.05, 3.63) is 34.6 Å². The van der Waals surface area contributed by atoms with Crippen LogP contribution in [0.3, 0.4) is 0 Å². The van der Waals surface area contributed by atoms with Crippen molar-refractivity contribution in [3.63, 3.8) is 0 Å². The lowest BCUT2D eigenvalue weighted by Gasteiger charge is -2.11. The van der Waals surface area contributed by atoms with Crippen molar-refractivity contribution in [3.8, 4) is 0 Å². The van der Waals surface area contributed by atoms with Crippen LogP contribution in [0.4, 0.5) is 4.39 Å². The van der Waals surface area contributed by atoms with E-state index in [2.05, 4.69) is 0 Å². The first kappa shape index (κ1) is 13.1. The second-order valence-corrected chi connectivity index (χ2v) is 3.85. The van der Waals surface area contributed by atoms with Gasteiger partial charge in [0.15, 0.2) is 5.78 Å². The van der Waals surface area contributed by atoms with Crippen LogP contribution in [0.5, 0.6) is 0 Å². The van der Waals surface area contributed by atoms with Crippen LogP contribution in [0.25, 0.3) is 0 Å². The molecule has 0 amide bonds. The van der Waals surface area contributed by atoms with Crippen molar-refractivity contribution in [2.24, 2.45) is 0 Å². The Hall–Kier alpha value is -0.930. The Labute approximate surface area is 99.4 Å². The van der Waals surface area contributed by atoms with E-state index in [0.717, 1.165) is 0 Å². The molecule has 1 aromatic rings. The van der Waals surface area contributed by atoms with Crippen LogP contribution in [0, 0.1) is 5.82 Å². The fourth-order valence-corrected chi connectivity index (χ4v) is 1.59. The third-order valence-corrected chi connectivity index (χ3v) is 2.64. The molecule has 88 valence electrons. The predicted octanol–water partition coefficient (Wildman–Crippen LogP) is 3.02. The predicted molar refractivity (Wildman–Crippen MR) is 61.2 cm³/mol. The van der Waals surface area contributed by atoms with Crippen molar-refractivity contribution in [1.82, 2.24) is 0 Å². The number of hydrogen-bond donors (Lipinski definition) is 0. The number of Topliss-reactive ketones (excluding diaryl/α,β-unsaturated/α-hetero) is 1. The molecule has 0 N–H and O–H groups in total. The highest BCUT2D eigenvalue weighted by Crippen LogP contribution is 2.20. The summed E-state index contributed by atoms with van der Waals surface area (Å²) in [6.07, 6.45) is -0.562. The Balaban J connectivity index is 2.77. The zero-order chi connectivity index (χ0) is 12.1. The lowest BCUT2D eigenvalue weighted by atomic mass is 10.1. The van der Waals surface area contributed by atoms with Gasteiger partial charge in [-0.05, 0) is 26.0 Å². The van der Waals surface area contributed by atoms with E-state index < -0.39 is 11.9 Å². The first-order valence-electron chi connectivity index (χ1n) is 5.13. The monoisotopic (exact) mass is 244 g/mol. The van der Waals surface area contributed by atoms with E-state index in [-0.39, 0.29) is 22.8 Å². The summed E-state index contributed by atoms with van der Waals surface area (Å²) in [5, 5.41) is 0.275. The number of ketones is 1. The van der Waals surface area contributed by atoms with Gasteiger partial charge in [0.2, 0.25) is 0 Å². The summed E-state index contributed by atoms with van der Waals surface area (Å²) in [6.45, 7) is 3.92. The second kappa shape index (κ2) is 5.97. The van der Waals surface area contributed by atoms with Gasteiger partial charge in [0.05, 0.1) is 0 Å². The first-order chi connectivity index (χ1) is 7.56. The third kappa shape index (κ3) is 3.29. The standard InChI is InChI=1S/C12H14ClFO2/c1-3-16-8(2)12(15)7-9-10(13)5-4-6-11(9)14/h4-6,8H,3,7H2,1-2H3. The maximum atomic E-state index is 13.4. The van der Waals surface area contributed by atoms with Gasteiger partial charge in [0.1, 0.15) is 11.9 Å². The van der Waals surface area contributed by atoms with E-state index in [0.29, 0.717) is 6.61 Å². The van der Waals surface area contributed by atoms with Crippen LogP contribution >= 0.6 is 11.6 Å². The molecule has 1 rings (SSSR count). The second-order valence-electron chi connectivity index (χ2n) is 3.44. The highest BCUT2D eigenvalue weighted by atomic mass is 35.5. The van der Waals surface area contributed by atoms with Crippen molar-refractivity contribution in [1.29, 1.82) is 0 Å². The van der Waals surface area contributed by atoms with Crippen LogP contribution in [-0.4, -0.2) is 18.5 Å². The summed E-state index contributed by atoms with van der Waals surface area (Å²) < 4.78 is 18.5. The quantitative estimate of drug-likeness (QED) is 0.796. The van der Waals surface area contributed by atoms with Gasteiger partial charge in [-0.3, -0.25) is 4.79 Å². The van der Waals surface area contributed by atoms with Crippen molar-refractivity contribution >= 4 is 17.4 Å². The molecular formula is C12H14ClFO2. The zero-order valence-corrected chi connectivity index (χ0v) is 10.1. The van der Waals surface area contributed by atoms with E-state index in [9.17, 15) is 9.18 Å². The summed E-state index contributed by atoms with van der Waals surface area (Å²) in [7, 11) is 0. The molecule has 0 aliphatic heterocycles. The Kier molecular flexibility index (Phi) is 4.90. The topological polar surface area (TPSA) is 26.3 Å².